The molecule has 0 radical (unpaired) electrons. The lowest BCUT2D eigenvalue weighted by molar-refractivity contribution is 0.114. The van der Waals surface area contributed by atoms with E-state index in [0.717, 1.165) is 36.6 Å². The predicted molar refractivity (Wildman–Crippen MR) is 130 cm³/mol. The molecule has 5 rings (SSSR count). The summed E-state index contributed by atoms with van der Waals surface area (Å²) in [4.78, 5) is 6.93. The van der Waals surface area contributed by atoms with E-state index in [-0.39, 0.29) is 21.7 Å². The minimum Gasteiger partial charge on any atom is -0.496 e. The molecule has 0 atom stereocenters. The first kappa shape index (κ1) is 24.1. The number of methoxy groups -OCH3 is 1. The molecule has 0 saturated carbocycles. The van der Waals surface area contributed by atoms with Crippen molar-refractivity contribution in [1.29, 1.82) is 0 Å². The van der Waals surface area contributed by atoms with Crippen LogP contribution in [-0.2, 0) is 23.1 Å². The van der Waals surface area contributed by atoms with Crippen LogP contribution in [0.15, 0.2) is 47.4 Å². The first-order valence-electron chi connectivity index (χ1n) is 11.4. The SMILES string of the molecule is COc1ccc(S(=O)(=O)N2CCC3(CC2)CN(c2nc(Cc4ccc(F)cc4)ns2)C3)cc1CF. The maximum Gasteiger partial charge on any atom is 0.243 e. The Labute approximate surface area is 207 Å². The van der Waals surface area contributed by atoms with E-state index in [9.17, 15) is 17.2 Å². The summed E-state index contributed by atoms with van der Waals surface area (Å²) >= 11 is 1.36. The zero-order valence-corrected chi connectivity index (χ0v) is 20.9. The smallest absolute Gasteiger partial charge is 0.243 e. The first-order chi connectivity index (χ1) is 16.8. The molecule has 3 aromatic rings. The third-order valence-electron chi connectivity index (χ3n) is 6.87. The maximum absolute atomic E-state index is 13.3. The molecule has 2 fully saturated rings. The fourth-order valence-electron chi connectivity index (χ4n) is 4.81. The lowest BCUT2D eigenvalue weighted by atomic mass is 9.73. The number of piperidine rings is 1. The van der Waals surface area contributed by atoms with E-state index in [0.29, 0.717) is 31.1 Å². The van der Waals surface area contributed by atoms with E-state index in [4.69, 9.17) is 4.74 Å². The van der Waals surface area contributed by atoms with Crippen molar-refractivity contribution in [2.24, 2.45) is 5.41 Å². The Morgan fingerprint density at radius 3 is 2.49 bits per heavy atom. The van der Waals surface area contributed by atoms with E-state index in [2.05, 4.69) is 14.3 Å². The van der Waals surface area contributed by atoms with Gasteiger partial charge in [-0.2, -0.15) is 8.68 Å². The predicted octanol–water partition coefficient (Wildman–Crippen LogP) is 4.04. The molecule has 1 spiro atoms. The quantitative estimate of drug-likeness (QED) is 0.468. The fraction of sp³-hybridized carbons (Fsp3) is 0.417. The summed E-state index contributed by atoms with van der Waals surface area (Å²) in [6.07, 6.45) is 2.07. The number of rotatable bonds is 7. The van der Waals surface area contributed by atoms with Crippen LogP contribution in [-0.4, -0.2) is 55.4 Å². The highest BCUT2D eigenvalue weighted by Gasteiger charge is 2.47. The number of ether oxygens (including phenoxy) is 1. The summed E-state index contributed by atoms with van der Waals surface area (Å²) in [5.41, 5.74) is 1.26. The highest BCUT2D eigenvalue weighted by Crippen LogP contribution is 2.44. The molecule has 1 aromatic heterocycles. The van der Waals surface area contributed by atoms with Gasteiger partial charge in [0.15, 0.2) is 0 Å². The average Bonchev–Trinajstić information content (AvgIpc) is 3.31. The molecule has 2 aliphatic heterocycles. The van der Waals surface area contributed by atoms with Crippen molar-refractivity contribution < 1.29 is 21.9 Å². The number of halogens is 2. The molecule has 0 N–H and O–H groups in total. The van der Waals surface area contributed by atoms with Crippen LogP contribution in [0.4, 0.5) is 13.9 Å². The van der Waals surface area contributed by atoms with Crippen molar-refractivity contribution in [2.45, 2.75) is 30.8 Å². The largest absolute Gasteiger partial charge is 0.496 e. The molecule has 0 bridgehead atoms. The van der Waals surface area contributed by atoms with E-state index in [1.54, 1.807) is 12.1 Å². The molecule has 2 aliphatic rings. The molecule has 2 saturated heterocycles. The summed E-state index contributed by atoms with van der Waals surface area (Å²) in [5, 5.41) is 0.861. The summed E-state index contributed by atoms with van der Waals surface area (Å²) in [6.45, 7) is 1.71. The zero-order valence-electron chi connectivity index (χ0n) is 19.3. The van der Waals surface area contributed by atoms with Crippen LogP contribution in [0.2, 0.25) is 0 Å². The van der Waals surface area contributed by atoms with Crippen molar-refractivity contribution in [3.05, 3.63) is 65.2 Å². The molecular weight excluding hydrogens is 494 g/mol. The molecule has 7 nitrogen and oxygen atoms in total. The summed E-state index contributed by atoms with van der Waals surface area (Å²) in [6, 6.07) is 10.7. The molecule has 2 aromatic carbocycles. The van der Waals surface area contributed by atoms with Gasteiger partial charge < -0.3 is 9.64 Å². The molecule has 11 heteroatoms. The Hall–Kier alpha value is -2.63. The number of nitrogens with zero attached hydrogens (tertiary/aromatic N) is 4. The minimum absolute atomic E-state index is 0.0683. The van der Waals surface area contributed by atoms with Gasteiger partial charge in [0.25, 0.3) is 0 Å². The molecule has 186 valence electrons. The van der Waals surface area contributed by atoms with Crippen LogP contribution in [0, 0.1) is 11.2 Å². The van der Waals surface area contributed by atoms with E-state index in [1.807, 2.05) is 0 Å². The normalized spacial score (nSPS) is 18.0. The summed E-state index contributed by atoms with van der Waals surface area (Å²) < 4.78 is 63.8. The number of sulfonamides is 1. The number of anilines is 1. The number of benzene rings is 2. The second kappa shape index (κ2) is 9.44. The Morgan fingerprint density at radius 2 is 1.83 bits per heavy atom. The van der Waals surface area contributed by atoms with Gasteiger partial charge in [-0.05, 0) is 48.7 Å². The van der Waals surface area contributed by atoms with Crippen molar-refractivity contribution in [1.82, 2.24) is 13.7 Å². The van der Waals surface area contributed by atoms with Crippen LogP contribution in [0.1, 0.15) is 29.8 Å². The molecule has 0 unspecified atom stereocenters. The highest BCUT2D eigenvalue weighted by molar-refractivity contribution is 7.89. The monoisotopic (exact) mass is 520 g/mol. The van der Waals surface area contributed by atoms with Gasteiger partial charge in [0.2, 0.25) is 15.2 Å². The van der Waals surface area contributed by atoms with Crippen molar-refractivity contribution in [2.75, 3.05) is 38.2 Å². The fourth-order valence-corrected chi connectivity index (χ4v) is 6.99. The van der Waals surface area contributed by atoms with Gasteiger partial charge in [-0.25, -0.2) is 22.2 Å². The van der Waals surface area contributed by atoms with Crippen molar-refractivity contribution in [3.8, 4) is 5.75 Å². The third-order valence-corrected chi connectivity index (χ3v) is 9.58. The number of hydrogen-bond acceptors (Lipinski definition) is 7. The Morgan fingerprint density at radius 1 is 1.11 bits per heavy atom. The van der Waals surface area contributed by atoms with Crippen molar-refractivity contribution >= 4 is 26.7 Å². The first-order valence-corrected chi connectivity index (χ1v) is 13.6. The number of aromatic nitrogens is 2. The standard InChI is InChI=1S/C24H26F2N4O3S2/c1-33-21-7-6-20(13-18(21)14-25)35(31,32)30-10-8-24(9-11-30)15-29(16-24)23-27-22(28-34-23)12-17-2-4-19(26)5-3-17/h2-7,13H,8-12,14-16H2,1H3. The molecular formula is C24H26F2N4O3S2. The summed E-state index contributed by atoms with van der Waals surface area (Å²) in [5.74, 6) is 0.792. The van der Waals surface area contributed by atoms with Gasteiger partial charge in [-0.1, -0.05) is 12.1 Å². The van der Waals surface area contributed by atoms with Gasteiger partial charge in [0, 0.05) is 55.1 Å². The number of hydrogen-bond donors (Lipinski definition) is 0. The molecule has 3 heterocycles. The topological polar surface area (TPSA) is 75.6 Å². The Balaban J connectivity index is 1.18. The van der Waals surface area contributed by atoms with Crippen LogP contribution in [0.25, 0.3) is 0 Å². The third kappa shape index (κ3) is 4.76. The maximum atomic E-state index is 13.3. The lowest BCUT2D eigenvalue weighted by Crippen LogP contribution is -2.61. The van der Waals surface area contributed by atoms with Gasteiger partial charge in [0.1, 0.15) is 24.1 Å². The second-order valence-electron chi connectivity index (χ2n) is 9.16. The van der Waals surface area contributed by atoms with E-state index >= 15 is 0 Å². The Bertz CT molecular complexity index is 1300. The van der Waals surface area contributed by atoms with Gasteiger partial charge >= 0.3 is 0 Å². The van der Waals surface area contributed by atoms with Crippen LogP contribution in [0.5, 0.6) is 5.75 Å². The van der Waals surface area contributed by atoms with E-state index < -0.39 is 16.7 Å². The molecule has 0 amide bonds. The van der Waals surface area contributed by atoms with Gasteiger partial charge in [0.05, 0.1) is 12.0 Å². The van der Waals surface area contributed by atoms with Crippen LogP contribution >= 0.6 is 11.5 Å². The van der Waals surface area contributed by atoms with E-state index in [1.165, 1.54) is 53.3 Å². The zero-order chi connectivity index (χ0) is 24.6. The van der Waals surface area contributed by atoms with Gasteiger partial charge in [-0.15, -0.1) is 0 Å². The highest BCUT2D eigenvalue weighted by atomic mass is 32.2. The van der Waals surface area contributed by atoms with Crippen LogP contribution < -0.4 is 9.64 Å². The second-order valence-corrected chi connectivity index (χ2v) is 11.8. The lowest BCUT2D eigenvalue weighted by Gasteiger charge is -2.53. The van der Waals surface area contributed by atoms with Gasteiger partial charge in [-0.3, -0.25) is 0 Å². The summed E-state index contributed by atoms with van der Waals surface area (Å²) in [7, 11) is -2.26. The average molecular weight is 521 g/mol. The molecule has 0 aliphatic carbocycles. The van der Waals surface area contributed by atoms with Crippen LogP contribution in [0.3, 0.4) is 0 Å². The van der Waals surface area contributed by atoms with Crippen molar-refractivity contribution in [3.63, 3.8) is 0 Å². The number of alkyl halides is 1. The Kier molecular flexibility index (Phi) is 6.49. The minimum atomic E-state index is -3.70. The molecule has 35 heavy (non-hydrogen) atoms.